The number of amides is 3. The van der Waals surface area contributed by atoms with E-state index >= 15 is 0 Å². The Bertz CT molecular complexity index is 1520. The van der Waals surface area contributed by atoms with Gasteiger partial charge in [0.1, 0.15) is 17.7 Å². The zero-order valence-corrected chi connectivity index (χ0v) is 25.1. The van der Waals surface area contributed by atoms with E-state index in [4.69, 9.17) is 9.47 Å². The van der Waals surface area contributed by atoms with Gasteiger partial charge in [0.15, 0.2) is 11.5 Å². The lowest BCUT2D eigenvalue weighted by Crippen LogP contribution is -2.55. The van der Waals surface area contributed by atoms with E-state index in [0.717, 1.165) is 12.1 Å². The van der Waals surface area contributed by atoms with Gasteiger partial charge in [0.05, 0.1) is 12.0 Å². The number of hydrogen-bond acceptors (Lipinski definition) is 9. The van der Waals surface area contributed by atoms with E-state index in [1.807, 2.05) is 0 Å². The predicted octanol–water partition coefficient (Wildman–Crippen LogP) is 3.63. The highest BCUT2D eigenvalue weighted by molar-refractivity contribution is 5.91. The second kappa shape index (κ2) is 14.9. The van der Waals surface area contributed by atoms with E-state index in [2.05, 4.69) is 16.0 Å². The highest BCUT2D eigenvalue weighted by Gasteiger charge is 2.30. The Kier molecular flexibility index (Phi) is 11.3. The molecule has 0 fully saturated rings. The Morgan fingerprint density at radius 2 is 1.49 bits per heavy atom. The van der Waals surface area contributed by atoms with Crippen LogP contribution in [0, 0.1) is 15.9 Å². The number of hydrogen-bond donors (Lipinski definition) is 5. The van der Waals surface area contributed by atoms with Crippen molar-refractivity contribution in [1.29, 1.82) is 0 Å². The van der Waals surface area contributed by atoms with Crippen molar-refractivity contribution in [2.45, 2.75) is 57.8 Å². The topological polar surface area (TPSA) is 189 Å². The van der Waals surface area contributed by atoms with Crippen molar-refractivity contribution in [1.82, 2.24) is 16.0 Å². The van der Waals surface area contributed by atoms with Crippen LogP contribution < -0.4 is 20.7 Å². The third kappa shape index (κ3) is 10.1. The SMILES string of the molecule is COc1c(O)cc(CNC(=O)[C@H](Cc2ccccc2)NC(=O)[C@@H](Cc2ccc(F)c([N+](=O)[O-])c2)NC(=O)OC(C)(C)C)cc1O. The molecule has 0 aromatic heterocycles. The molecule has 0 aliphatic carbocycles. The molecule has 0 aliphatic rings. The van der Waals surface area contributed by atoms with Gasteiger partial charge in [0.25, 0.3) is 0 Å². The number of carbonyl (C=O) groups is 3. The average molecular weight is 627 g/mol. The van der Waals surface area contributed by atoms with Gasteiger partial charge < -0.3 is 35.6 Å². The molecular weight excluding hydrogens is 591 g/mol. The number of carbonyl (C=O) groups excluding carboxylic acids is 3. The number of nitrogens with zero attached hydrogens (tertiary/aromatic N) is 1. The molecule has 0 radical (unpaired) electrons. The molecule has 0 heterocycles. The minimum absolute atomic E-state index is 0.0404. The molecule has 3 amide bonds. The largest absolute Gasteiger partial charge is 0.504 e. The molecule has 0 saturated carbocycles. The van der Waals surface area contributed by atoms with Crippen molar-refractivity contribution in [2.24, 2.45) is 0 Å². The Morgan fingerprint density at radius 3 is 2.07 bits per heavy atom. The second-order valence-electron chi connectivity index (χ2n) is 11.1. The molecule has 3 aromatic rings. The molecule has 0 aliphatic heterocycles. The Labute approximate surface area is 258 Å². The van der Waals surface area contributed by atoms with Gasteiger partial charge in [-0.1, -0.05) is 36.4 Å². The summed E-state index contributed by atoms with van der Waals surface area (Å²) in [5, 5.41) is 39.2. The number of nitrogens with one attached hydrogen (secondary N) is 3. The normalized spacial score (nSPS) is 12.4. The van der Waals surface area contributed by atoms with Gasteiger partial charge >= 0.3 is 11.8 Å². The van der Waals surface area contributed by atoms with Crippen molar-refractivity contribution in [2.75, 3.05) is 7.11 Å². The van der Waals surface area contributed by atoms with Crippen LogP contribution in [0.4, 0.5) is 14.9 Å². The van der Waals surface area contributed by atoms with Crippen molar-refractivity contribution in [3.05, 3.63) is 93.3 Å². The van der Waals surface area contributed by atoms with E-state index in [0.29, 0.717) is 11.1 Å². The monoisotopic (exact) mass is 626 g/mol. The Morgan fingerprint density at radius 1 is 0.889 bits per heavy atom. The zero-order chi connectivity index (χ0) is 33.3. The quantitative estimate of drug-likeness (QED) is 0.148. The molecule has 2 atom stereocenters. The number of methoxy groups -OCH3 is 1. The molecule has 14 heteroatoms. The van der Waals surface area contributed by atoms with Crippen LogP contribution in [0.15, 0.2) is 60.7 Å². The number of nitro groups is 1. The number of ether oxygens (including phenoxy) is 2. The fourth-order valence-electron chi connectivity index (χ4n) is 4.33. The third-order valence-corrected chi connectivity index (χ3v) is 6.35. The van der Waals surface area contributed by atoms with Crippen molar-refractivity contribution < 1.29 is 43.4 Å². The van der Waals surface area contributed by atoms with Gasteiger partial charge in [-0.05, 0) is 55.7 Å². The van der Waals surface area contributed by atoms with Gasteiger partial charge in [-0.15, -0.1) is 0 Å². The smallest absolute Gasteiger partial charge is 0.408 e. The summed E-state index contributed by atoms with van der Waals surface area (Å²) in [5.74, 6) is -3.32. The molecular formula is C31H35FN4O9. The molecule has 5 N–H and O–H groups in total. The highest BCUT2D eigenvalue weighted by Crippen LogP contribution is 2.36. The molecule has 3 aromatic carbocycles. The molecule has 240 valence electrons. The molecule has 0 bridgehead atoms. The first kappa shape index (κ1) is 34.1. The van der Waals surface area contributed by atoms with E-state index < -0.39 is 52.0 Å². The summed E-state index contributed by atoms with van der Waals surface area (Å²) in [6.45, 7) is 4.72. The highest BCUT2D eigenvalue weighted by atomic mass is 19.1. The number of rotatable bonds is 12. The number of phenols is 2. The summed E-state index contributed by atoms with van der Waals surface area (Å²) < 4.78 is 24.2. The summed E-state index contributed by atoms with van der Waals surface area (Å²) >= 11 is 0. The number of nitro benzene ring substituents is 1. The van der Waals surface area contributed by atoms with Gasteiger partial charge in [-0.2, -0.15) is 4.39 Å². The van der Waals surface area contributed by atoms with Gasteiger partial charge in [0.2, 0.25) is 23.4 Å². The first-order valence-corrected chi connectivity index (χ1v) is 13.8. The van der Waals surface area contributed by atoms with Crippen molar-refractivity contribution in [3.63, 3.8) is 0 Å². The molecule has 0 saturated heterocycles. The number of halogens is 1. The van der Waals surface area contributed by atoms with Crippen LogP contribution in [0.25, 0.3) is 0 Å². The lowest BCUT2D eigenvalue weighted by molar-refractivity contribution is -0.387. The van der Waals surface area contributed by atoms with Gasteiger partial charge in [-0.25, -0.2) is 4.79 Å². The van der Waals surface area contributed by atoms with Crippen LogP contribution in [0.3, 0.4) is 0 Å². The predicted molar refractivity (Wildman–Crippen MR) is 160 cm³/mol. The number of alkyl carbamates (subject to hydrolysis) is 1. The standard InChI is InChI=1S/C31H35FN4O9/c1-31(2,3)45-30(41)35-23(13-19-10-11-21(32)24(14-19)36(42)43)29(40)34-22(12-18-8-6-5-7-9-18)28(39)33-17-20-15-25(37)27(44-4)26(38)16-20/h5-11,14-16,22-23,37-38H,12-13,17H2,1-4H3,(H,33,39)(H,34,40)(H,35,41)/t22-,23+/m0/s1. The first-order chi connectivity index (χ1) is 21.2. The number of aromatic hydroxyl groups is 2. The summed E-state index contributed by atoms with van der Waals surface area (Å²) in [6.07, 6.45) is -1.21. The Balaban J connectivity index is 1.87. The Hall–Kier alpha value is -5.40. The van der Waals surface area contributed by atoms with E-state index in [1.165, 1.54) is 25.3 Å². The van der Waals surface area contributed by atoms with Crippen LogP contribution in [0.5, 0.6) is 17.2 Å². The van der Waals surface area contributed by atoms with E-state index in [9.17, 15) is 39.1 Å². The van der Waals surface area contributed by atoms with Gasteiger partial charge in [-0.3, -0.25) is 19.7 Å². The van der Waals surface area contributed by atoms with E-state index in [1.54, 1.807) is 51.1 Å². The van der Waals surface area contributed by atoms with E-state index in [-0.39, 0.29) is 42.2 Å². The fraction of sp³-hybridized carbons (Fsp3) is 0.323. The first-order valence-electron chi connectivity index (χ1n) is 13.8. The number of benzene rings is 3. The zero-order valence-electron chi connectivity index (χ0n) is 25.1. The van der Waals surface area contributed by atoms with Crippen LogP contribution in [-0.4, -0.2) is 57.8 Å². The van der Waals surface area contributed by atoms with Crippen molar-refractivity contribution >= 4 is 23.6 Å². The van der Waals surface area contributed by atoms with Crippen LogP contribution >= 0.6 is 0 Å². The lowest BCUT2D eigenvalue weighted by Gasteiger charge is -2.25. The van der Waals surface area contributed by atoms with Gasteiger partial charge in [0, 0.05) is 25.5 Å². The maximum absolute atomic E-state index is 14.0. The van der Waals surface area contributed by atoms with Crippen LogP contribution in [-0.2, 0) is 33.7 Å². The maximum atomic E-state index is 14.0. The minimum atomic E-state index is -1.38. The second-order valence-corrected chi connectivity index (χ2v) is 11.1. The molecule has 45 heavy (non-hydrogen) atoms. The average Bonchev–Trinajstić information content (AvgIpc) is 2.95. The number of phenolic OH excluding ortho intramolecular Hbond substituents is 2. The minimum Gasteiger partial charge on any atom is -0.504 e. The lowest BCUT2D eigenvalue weighted by atomic mass is 10.0. The summed E-state index contributed by atoms with van der Waals surface area (Å²) in [7, 11) is 1.27. The molecule has 13 nitrogen and oxygen atoms in total. The molecule has 0 unspecified atom stereocenters. The summed E-state index contributed by atoms with van der Waals surface area (Å²) in [4.78, 5) is 50.0. The van der Waals surface area contributed by atoms with Crippen LogP contribution in [0.1, 0.15) is 37.5 Å². The third-order valence-electron chi connectivity index (χ3n) is 6.35. The molecule has 3 rings (SSSR count). The summed E-state index contributed by atoms with van der Waals surface area (Å²) in [5.41, 5.74) is -0.516. The van der Waals surface area contributed by atoms with Crippen molar-refractivity contribution in [3.8, 4) is 17.2 Å². The fourth-order valence-corrected chi connectivity index (χ4v) is 4.33. The summed E-state index contributed by atoms with van der Waals surface area (Å²) in [6, 6.07) is 11.9. The molecule has 0 spiro atoms. The maximum Gasteiger partial charge on any atom is 0.408 e. The van der Waals surface area contributed by atoms with Crippen LogP contribution in [0.2, 0.25) is 0 Å².